The molecular weight excluding hydrogens is 500 g/mol. The molecule has 0 atom stereocenters. The Bertz CT molecular complexity index is 1090. The summed E-state index contributed by atoms with van der Waals surface area (Å²) in [6, 6.07) is 0. The number of rotatable bonds is 13. The van der Waals surface area contributed by atoms with E-state index in [2.05, 4.69) is 30.6 Å². The molecule has 14 nitrogen and oxygen atoms in total. The fourth-order valence-electron chi connectivity index (χ4n) is 3.07. The van der Waals surface area contributed by atoms with Gasteiger partial charge < -0.3 is 39.5 Å². The normalized spacial score (nSPS) is 10.2. The summed E-state index contributed by atoms with van der Waals surface area (Å²) in [5, 5.41) is 5.67. The summed E-state index contributed by atoms with van der Waals surface area (Å²) in [4.78, 5) is 64.0. The highest BCUT2D eigenvalue weighted by atomic mass is 16.6. The second kappa shape index (κ2) is 14.2. The van der Waals surface area contributed by atoms with Crippen molar-refractivity contribution in [1.29, 1.82) is 0 Å². The summed E-state index contributed by atoms with van der Waals surface area (Å²) >= 11 is 0. The van der Waals surface area contributed by atoms with Crippen LogP contribution in [0.4, 0.5) is 11.6 Å². The molecule has 2 heterocycles. The first-order valence-electron chi connectivity index (χ1n) is 11.9. The summed E-state index contributed by atoms with van der Waals surface area (Å²) in [7, 11) is 0. The van der Waals surface area contributed by atoms with Crippen LogP contribution in [0.5, 0.6) is 0 Å². The number of carbonyl (C=O) groups is 4. The van der Waals surface area contributed by atoms with Gasteiger partial charge in [-0.15, -0.1) is 0 Å². The van der Waals surface area contributed by atoms with Crippen molar-refractivity contribution >= 4 is 35.5 Å². The smallest absolute Gasteiger partial charge is 0.347 e. The maximum Gasteiger partial charge on any atom is 0.347 e. The highest BCUT2D eigenvalue weighted by Gasteiger charge is 2.24. The van der Waals surface area contributed by atoms with E-state index in [1.807, 2.05) is 0 Å². The zero-order valence-electron chi connectivity index (χ0n) is 22.1. The number of H-pyrrole nitrogens is 2. The number of anilines is 2. The zero-order valence-corrected chi connectivity index (χ0v) is 22.1. The van der Waals surface area contributed by atoms with Crippen LogP contribution in [0.25, 0.3) is 11.4 Å². The zero-order chi connectivity index (χ0) is 28.2. The van der Waals surface area contributed by atoms with Gasteiger partial charge in [-0.1, -0.05) is 0 Å². The number of ether oxygens (including phenoxy) is 4. The van der Waals surface area contributed by atoms with Gasteiger partial charge in [0.15, 0.2) is 22.8 Å². The third-order valence-corrected chi connectivity index (χ3v) is 4.58. The van der Waals surface area contributed by atoms with Gasteiger partial charge in [0.25, 0.3) is 0 Å². The van der Waals surface area contributed by atoms with Crippen LogP contribution in [-0.2, 0) is 38.1 Å². The fourth-order valence-corrected chi connectivity index (χ4v) is 3.07. The van der Waals surface area contributed by atoms with E-state index in [9.17, 15) is 19.2 Å². The van der Waals surface area contributed by atoms with Crippen molar-refractivity contribution in [2.24, 2.45) is 0 Å². The molecule has 0 spiro atoms. The van der Waals surface area contributed by atoms with Gasteiger partial charge in [0.05, 0.1) is 26.4 Å². The molecule has 0 saturated carbocycles. The maximum atomic E-state index is 12.3. The van der Waals surface area contributed by atoms with Gasteiger partial charge in [-0.05, 0) is 41.5 Å². The minimum absolute atomic E-state index is 0.0674. The lowest BCUT2D eigenvalue weighted by atomic mass is 10.2. The van der Waals surface area contributed by atoms with E-state index in [0.717, 1.165) is 12.4 Å². The van der Waals surface area contributed by atoms with Crippen LogP contribution in [-0.4, -0.2) is 70.2 Å². The molecule has 0 fully saturated rings. The summed E-state index contributed by atoms with van der Waals surface area (Å²) in [6.45, 7) is 10.1. The van der Waals surface area contributed by atoms with E-state index in [1.54, 1.807) is 41.5 Å². The Kier molecular flexibility index (Phi) is 11.1. The lowest BCUT2D eigenvalue weighted by Gasteiger charge is -2.09. The SMILES string of the molecule is CCOC(=O)C(=CNc1nc(C)[nH]c1-c1[nH]c(C)nc1NC=C(C(=O)OCC)C(=O)OCC)C(=O)OCC. The van der Waals surface area contributed by atoms with E-state index in [0.29, 0.717) is 23.0 Å². The van der Waals surface area contributed by atoms with Gasteiger partial charge in [-0.2, -0.15) is 0 Å². The molecule has 0 bridgehead atoms. The Balaban J connectivity index is 2.46. The third kappa shape index (κ3) is 7.69. The number of carbonyl (C=O) groups excluding carboxylic acids is 4. The fraction of sp³-hybridized carbons (Fsp3) is 0.417. The van der Waals surface area contributed by atoms with Gasteiger partial charge in [-0.3, -0.25) is 0 Å². The molecule has 38 heavy (non-hydrogen) atoms. The first-order valence-corrected chi connectivity index (χ1v) is 11.9. The molecule has 2 aromatic rings. The predicted molar refractivity (Wildman–Crippen MR) is 136 cm³/mol. The topological polar surface area (TPSA) is 187 Å². The molecule has 0 saturated heterocycles. The second-order valence-electron chi connectivity index (χ2n) is 7.38. The molecule has 2 rings (SSSR count). The van der Waals surface area contributed by atoms with Crippen molar-refractivity contribution < 1.29 is 38.1 Å². The van der Waals surface area contributed by atoms with Gasteiger partial charge in [0.1, 0.15) is 23.0 Å². The quantitative estimate of drug-likeness (QED) is 0.0970. The average molecular weight is 533 g/mol. The third-order valence-electron chi connectivity index (χ3n) is 4.58. The number of hydrogen-bond acceptors (Lipinski definition) is 12. The molecule has 0 aromatic carbocycles. The minimum Gasteiger partial charge on any atom is -0.462 e. The molecule has 4 N–H and O–H groups in total. The number of aromatic amines is 2. The van der Waals surface area contributed by atoms with Gasteiger partial charge in [0, 0.05) is 12.4 Å². The van der Waals surface area contributed by atoms with E-state index in [-0.39, 0.29) is 49.2 Å². The van der Waals surface area contributed by atoms with Gasteiger partial charge in [-0.25, -0.2) is 29.1 Å². The predicted octanol–water partition coefficient (Wildman–Crippen LogP) is 2.26. The minimum atomic E-state index is -0.859. The Labute approximate surface area is 219 Å². The molecular formula is C24H32N6O8. The molecule has 0 aliphatic heterocycles. The lowest BCUT2D eigenvalue weighted by molar-refractivity contribution is -0.148. The Hall–Kier alpha value is -4.62. The van der Waals surface area contributed by atoms with Crippen LogP contribution < -0.4 is 10.6 Å². The van der Waals surface area contributed by atoms with Crippen molar-refractivity contribution in [3.8, 4) is 11.4 Å². The van der Waals surface area contributed by atoms with Crippen molar-refractivity contribution in [3.05, 3.63) is 35.2 Å². The standard InChI is InChI=1S/C24H32N6O8/c1-7-35-21(31)15(22(32)36-8-2)11-25-19-17(27-13(5)29-19)18-20(30-14(6)28-18)26-12-16(23(33)37-9-3)24(34)38-10-4/h11-12,25-26H,7-10H2,1-6H3,(H,27,29)(H,28,30). The van der Waals surface area contributed by atoms with Gasteiger partial charge in [0.2, 0.25) is 0 Å². The van der Waals surface area contributed by atoms with Gasteiger partial charge >= 0.3 is 23.9 Å². The largest absolute Gasteiger partial charge is 0.462 e. The van der Waals surface area contributed by atoms with Crippen LogP contribution in [0, 0.1) is 13.8 Å². The highest BCUT2D eigenvalue weighted by molar-refractivity contribution is 6.15. The van der Waals surface area contributed by atoms with Crippen molar-refractivity contribution in [2.45, 2.75) is 41.5 Å². The molecule has 0 aliphatic rings. The summed E-state index contributed by atoms with van der Waals surface area (Å²) in [6.07, 6.45) is 2.29. The summed E-state index contributed by atoms with van der Waals surface area (Å²) in [5.41, 5.74) is 0.0963. The van der Waals surface area contributed by atoms with E-state index in [4.69, 9.17) is 18.9 Å². The van der Waals surface area contributed by atoms with Crippen LogP contribution in [0.15, 0.2) is 23.5 Å². The first kappa shape index (κ1) is 29.6. The summed E-state index contributed by atoms with van der Waals surface area (Å²) < 4.78 is 19.8. The van der Waals surface area contributed by atoms with E-state index < -0.39 is 23.9 Å². The van der Waals surface area contributed by atoms with Crippen molar-refractivity contribution in [1.82, 2.24) is 19.9 Å². The lowest BCUT2D eigenvalue weighted by Crippen LogP contribution is -2.19. The van der Waals surface area contributed by atoms with E-state index >= 15 is 0 Å². The number of aryl methyl sites for hydroxylation is 2. The molecule has 0 radical (unpaired) electrons. The number of hydrogen-bond donors (Lipinski definition) is 4. The number of nitrogens with one attached hydrogen (secondary N) is 4. The van der Waals surface area contributed by atoms with E-state index in [1.165, 1.54) is 0 Å². The monoisotopic (exact) mass is 532 g/mol. The molecule has 14 heteroatoms. The molecule has 206 valence electrons. The second-order valence-corrected chi connectivity index (χ2v) is 7.38. The Morgan fingerprint density at radius 3 is 1.18 bits per heavy atom. The number of imidazole rings is 2. The number of aromatic nitrogens is 4. The summed E-state index contributed by atoms with van der Waals surface area (Å²) in [5.74, 6) is -1.97. The maximum absolute atomic E-state index is 12.3. The Morgan fingerprint density at radius 2 is 0.921 bits per heavy atom. The molecule has 0 unspecified atom stereocenters. The van der Waals surface area contributed by atoms with Crippen LogP contribution in [0.2, 0.25) is 0 Å². The Morgan fingerprint density at radius 1 is 0.632 bits per heavy atom. The number of esters is 4. The molecule has 2 aromatic heterocycles. The highest BCUT2D eigenvalue weighted by Crippen LogP contribution is 2.30. The first-order chi connectivity index (χ1) is 18.2. The molecule has 0 amide bonds. The number of nitrogens with zero attached hydrogens (tertiary/aromatic N) is 2. The molecule has 0 aliphatic carbocycles. The van der Waals surface area contributed by atoms with Crippen LogP contribution in [0.1, 0.15) is 39.3 Å². The van der Waals surface area contributed by atoms with Crippen LogP contribution >= 0.6 is 0 Å². The van der Waals surface area contributed by atoms with Crippen LogP contribution in [0.3, 0.4) is 0 Å². The van der Waals surface area contributed by atoms with Crippen molar-refractivity contribution in [3.63, 3.8) is 0 Å². The average Bonchev–Trinajstić information content (AvgIpc) is 3.41. The van der Waals surface area contributed by atoms with Crippen molar-refractivity contribution in [2.75, 3.05) is 37.1 Å².